The molecule has 2 aromatic rings. The molecule has 3 rings (SSSR count). The quantitative estimate of drug-likeness (QED) is 0.672. The summed E-state index contributed by atoms with van der Waals surface area (Å²) in [5.74, 6) is 0.716. The smallest absolute Gasteiger partial charge is 0.270 e. The largest absolute Gasteiger partial charge is 0.497 e. The first-order valence-corrected chi connectivity index (χ1v) is 10.6. The van der Waals surface area contributed by atoms with E-state index in [4.69, 9.17) is 9.47 Å². The number of halogens is 2. The minimum Gasteiger partial charge on any atom is -0.497 e. The summed E-state index contributed by atoms with van der Waals surface area (Å²) in [6.45, 7) is 1.79. The summed E-state index contributed by atoms with van der Waals surface area (Å²) in [6, 6.07) is 12.9. The van der Waals surface area contributed by atoms with Gasteiger partial charge >= 0.3 is 0 Å². The fourth-order valence-electron chi connectivity index (χ4n) is 3.21. The van der Waals surface area contributed by atoms with E-state index < -0.39 is 22.1 Å². The third-order valence-electron chi connectivity index (χ3n) is 4.87. The van der Waals surface area contributed by atoms with Crippen LogP contribution in [0.4, 0.5) is 8.78 Å². The third-order valence-corrected chi connectivity index (χ3v) is 6.78. The molecular weight excluding hydrogens is 400 g/mol. The van der Waals surface area contributed by atoms with Crippen LogP contribution in [0.3, 0.4) is 0 Å². The van der Waals surface area contributed by atoms with E-state index in [1.165, 1.54) is 12.1 Å². The zero-order chi connectivity index (χ0) is 21.0. The molecule has 0 saturated carbocycles. The number of hydrogen-bond donors (Lipinski definition) is 0. The highest BCUT2D eigenvalue weighted by Gasteiger charge is 2.39. The molecule has 0 amide bonds. The number of aryl methyl sites for hydroxylation is 1. The molecule has 1 fully saturated rings. The summed E-state index contributed by atoms with van der Waals surface area (Å²) in [6.07, 6.45) is -1.87. The van der Waals surface area contributed by atoms with Gasteiger partial charge < -0.3 is 9.47 Å². The minimum atomic E-state index is -3.91. The lowest BCUT2D eigenvalue weighted by Gasteiger charge is -2.23. The van der Waals surface area contributed by atoms with Crippen molar-refractivity contribution in [2.45, 2.75) is 30.9 Å². The van der Waals surface area contributed by atoms with Crippen LogP contribution in [0, 0.1) is 6.92 Å². The van der Waals surface area contributed by atoms with Crippen LogP contribution in [0.1, 0.15) is 17.5 Å². The van der Waals surface area contributed by atoms with E-state index in [0.29, 0.717) is 5.75 Å². The van der Waals surface area contributed by atoms with Crippen LogP contribution in [0.15, 0.2) is 65.1 Å². The van der Waals surface area contributed by atoms with Gasteiger partial charge in [0.1, 0.15) is 5.75 Å². The fraction of sp³-hybridized carbons (Fsp3) is 0.333. The molecule has 1 aliphatic heterocycles. The van der Waals surface area contributed by atoms with E-state index in [-0.39, 0.29) is 36.6 Å². The van der Waals surface area contributed by atoms with Gasteiger partial charge in [-0.1, -0.05) is 29.8 Å². The standard InChI is InChI=1S/C21H23F2NO4S/c1-15-3-9-20(10-4-15)29(25,26)24-12-17(21(22)23)11-18(24)14-28-13-16-5-7-19(27-2)8-6-16/h3-10,18H,11-14H2,1-2H3/t18-/m0/s1. The number of methoxy groups -OCH3 is 1. The minimum absolute atomic E-state index is 0.0217. The predicted octanol–water partition coefficient (Wildman–Crippen LogP) is 4.13. The maximum atomic E-state index is 13.2. The zero-order valence-electron chi connectivity index (χ0n) is 16.3. The SMILES string of the molecule is COc1ccc(COC[C@@H]2CC(=C(F)F)CN2S(=O)(=O)c2ccc(C)cc2)cc1. The van der Waals surface area contributed by atoms with E-state index in [0.717, 1.165) is 15.4 Å². The highest BCUT2D eigenvalue weighted by Crippen LogP contribution is 2.32. The van der Waals surface area contributed by atoms with Crippen LogP contribution >= 0.6 is 0 Å². The first kappa shape index (κ1) is 21.4. The molecule has 156 valence electrons. The Morgan fingerprint density at radius 1 is 1.10 bits per heavy atom. The van der Waals surface area contributed by atoms with Crippen LogP contribution < -0.4 is 4.74 Å². The molecule has 0 unspecified atom stereocenters. The second-order valence-corrected chi connectivity index (χ2v) is 8.84. The van der Waals surface area contributed by atoms with Crippen LogP contribution in [0.5, 0.6) is 5.75 Å². The van der Waals surface area contributed by atoms with Gasteiger partial charge in [0.25, 0.3) is 6.08 Å². The average Bonchev–Trinajstić information content (AvgIpc) is 3.14. The second kappa shape index (κ2) is 9.02. The van der Waals surface area contributed by atoms with E-state index in [1.54, 1.807) is 31.4 Å². The number of ether oxygens (including phenoxy) is 2. The molecule has 0 aromatic heterocycles. The van der Waals surface area contributed by atoms with E-state index in [9.17, 15) is 17.2 Å². The summed E-state index contributed by atoms with van der Waals surface area (Å²) < 4.78 is 64.3. The van der Waals surface area contributed by atoms with Gasteiger partial charge in [-0.3, -0.25) is 0 Å². The van der Waals surface area contributed by atoms with Gasteiger partial charge in [0.15, 0.2) is 0 Å². The van der Waals surface area contributed by atoms with Gasteiger partial charge in [-0.2, -0.15) is 13.1 Å². The van der Waals surface area contributed by atoms with Gasteiger partial charge in [-0.05, 0) is 43.2 Å². The molecule has 5 nitrogen and oxygen atoms in total. The zero-order valence-corrected chi connectivity index (χ0v) is 17.1. The number of hydrogen-bond acceptors (Lipinski definition) is 4. The van der Waals surface area contributed by atoms with Crippen LogP contribution in [0.2, 0.25) is 0 Å². The van der Waals surface area contributed by atoms with Crippen molar-refractivity contribution >= 4 is 10.0 Å². The third kappa shape index (κ3) is 5.01. The highest BCUT2D eigenvalue weighted by molar-refractivity contribution is 7.89. The molecule has 29 heavy (non-hydrogen) atoms. The van der Waals surface area contributed by atoms with Crippen LogP contribution in [0.25, 0.3) is 0 Å². The van der Waals surface area contributed by atoms with E-state index in [2.05, 4.69) is 0 Å². The molecule has 8 heteroatoms. The van der Waals surface area contributed by atoms with Crippen molar-refractivity contribution in [1.29, 1.82) is 0 Å². The predicted molar refractivity (Wildman–Crippen MR) is 105 cm³/mol. The normalized spacial score (nSPS) is 17.5. The Morgan fingerprint density at radius 3 is 2.34 bits per heavy atom. The van der Waals surface area contributed by atoms with Gasteiger partial charge in [-0.25, -0.2) is 8.42 Å². The monoisotopic (exact) mass is 423 g/mol. The Balaban J connectivity index is 1.73. The first-order valence-electron chi connectivity index (χ1n) is 9.13. The Bertz CT molecular complexity index is 969. The van der Waals surface area contributed by atoms with Crippen LogP contribution in [-0.4, -0.2) is 39.0 Å². The summed E-state index contributed by atoms with van der Waals surface area (Å²) >= 11 is 0. The van der Waals surface area contributed by atoms with Crippen molar-refractivity contribution in [3.8, 4) is 5.75 Å². The lowest BCUT2D eigenvalue weighted by atomic mass is 10.2. The summed E-state index contributed by atoms with van der Waals surface area (Å²) in [5, 5.41) is 0. The molecule has 1 heterocycles. The molecule has 2 aromatic carbocycles. The van der Waals surface area contributed by atoms with E-state index in [1.807, 2.05) is 19.1 Å². The van der Waals surface area contributed by atoms with Gasteiger partial charge in [0, 0.05) is 12.1 Å². The maximum Gasteiger partial charge on any atom is 0.270 e. The fourth-order valence-corrected chi connectivity index (χ4v) is 4.81. The van der Waals surface area contributed by atoms with Crippen molar-refractivity contribution < 1.29 is 26.7 Å². The van der Waals surface area contributed by atoms with Gasteiger partial charge in [0.2, 0.25) is 10.0 Å². The molecule has 0 radical (unpaired) electrons. The molecule has 1 atom stereocenters. The van der Waals surface area contributed by atoms with Gasteiger partial charge in [-0.15, -0.1) is 0 Å². The Morgan fingerprint density at radius 2 is 1.76 bits per heavy atom. The Kier molecular flexibility index (Phi) is 6.66. The lowest BCUT2D eigenvalue weighted by Crippen LogP contribution is -2.38. The van der Waals surface area contributed by atoms with Crippen LogP contribution in [-0.2, 0) is 21.4 Å². The summed E-state index contributed by atoms with van der Waals surface area (Å²) in [7, 11) is -2.33. The topological polar surface area (TPSA) is 55.8 Å². The van der Waals surface area contributed by atoms with Crippen molar-refractivity contribution in [2.75, 3.05) is 20.3 Å². The molecule has 1 aliphatic rings. The number of rotatable bonds is 7. The van der Waals surface area contributed by atoms with Crippen molar-refractivity contribution in [3.63, 3.8) is 0 Å². The molecule has 0 spiro atoms. The molecule has 0 N–H and O–H groups in total. The van der Waals surface area contributed by atoms with Crippen molar-refractivity contribution in [3.05, 3.63) is 71.3 Å². The number of sulfonamides is 1. The van der Waals surface area contributed by atoms with Crippen molar-refractivity contribution in [2.24, 2.45) is 0 Å². The van der Waals surface area contributed by atoms with Crippen molar-refractivity contribution in [1.82, 2.24) is 4.31 Å². The Hall–Kier alpha value is -2.29. The first-order chi connectivity index (χ1) is 13.8. The lowest BCUT2D eigenvalue weighted by molar-refractivity contribution is 0.0874. The maximum absolute atomic E-state index is 13.2. The average molecular weight is 423 g/mol. The number of benzene rings is 2. The Labute approximate surface area is 169 Å². The summed E-state index contributed by atoms with van der Waals surface area (Å²) in [4.78, 5) is 0.0868. The molecule has 1 saturated heterocycles. The molecule has 0 aliphatic carbocycles. The number of nitrogens with zero attached hydrogens (tertiary/aromatic N) is 1. The van der Waals surface area contributed by atoms with Gasteiger partial charge in [0.05, 0.1) is 31.3 Å². The van der Waals surface area contributed by atoms with E-state index >= 15 is 0 Å². The molecule has 0 bridgehead atoms. The summed E-state index contributed by atoms with van der Waals surface area (Å²) in [5.41, 5.74) is 1.63. The molecular formula is C21H23F2NO4S. The second-order valence-electron chi connectivity index (χ2n) is 6.95. The highest BCUT2D eigenvalue weighted by atomic mass is 32.2.